The van der Waals surface area contributed by atoms with Crippen LogP contribution in [-0.4, -0.2) is 40.4 Å². The molecule has 28 heavy (non-hydrogen) atoms. The lowest BCUT2D eigenvalue weighted by atomic mass is 9.68. The van der Waals surface area contributed by atoms with Crippen molar-refractivity contribution >= 4 is 18.0 Å². The molecule has 2 aliphatic carbocycles. The molecule has 144 valence electrons. The Morgan fingerprint density at radius 1 is 0.964 bits per heavy atom. The molecule has 0 aliphatic heterocycles. The maximum atomic E-state index is 12.3. The van der Waals surface area contributed by atoms with Crippen molar-refractivity contribution in [2.45, 2.75) is 24.3 Å². The molecule has 7 heteroatoms. The summed E-state index contributed by atoms with van der Waals surface area (Å²) in [5.41, 5.74) is 2.72. The minimum atomic E-state index is -1.58. The van der Waals surface area contributed by atoms with Crippen molar-refractivity contribution in [1.82, 2.24) is 5.32 Å². The molecule has 0 unspecified atom stereocenters. The molecule has 0 saturated heterocycles. The second kappa shape index (κ2) is 6.67. The zero-order chi connectivity index (χ0) is 19.9. The number of fused-ring (bicyclic) bond motifs is 3. The molecule has 0 bridgehead atoms. The van der Waals surface area contributed by atoms with Gasteiger partial charge >= 0.3 is 18.0 Å². The van der Waals surface area contributed by atoms with Gasteiger partial charge in [-0.25, -0.2) is 9.59 Å². The standard InChI is InChI=1S/C21H19NO6/c23-18(24)12-9-21(10-12,19(25)26)22-20(27)28-11-17-15-7-3-1-5-13(15)14-6-2-4-8-16(14)17/h1-8,12,17H,9-11H2,(H,22,27)(H,23,24)(H,25,26). The monoisotopic (exact) mass is 381 g/mol. The molecule has 1 amide bonds. The summed E-state index contributed by atoms with van der Waals surface area (Å²) in [6.07, 6.45) is -1.16. The number of hydrogen-bond acceptors (Lipinski definition) is 4. The maximum Gasteiger partial charge on any atom is 0.408 e. The van der Waals surface area contributed by atoms with E-state index in [1.54, 1.807) is 0 Å². The molecular weight excluding hydrogens is 362 g/mol. The molecule has 0 atom stereocenters. The van der Waals surface area contributed by atoms with Crippen LogP contribution in [0.25, 0.3) is 11.1 Å². The molecule has 3 N–H and O–H groups in total. The summed E-state index contributed by atoms with van der Waals surface area (Å²) in [6, 6.07) is 15.8. The second-order valence-electron chi connectivity index (χ2n) is 7.28. The summed E-state index contributed by atoms with van der Waals surface area (Å²) < 4.78 is 5.36. The first-order valence-corrected chi connectivity index (χ1v) is 9.00. The van der Waals surface area contributed by atoms with Gasteiger partial charge in [0.2, 0.25) is 0 Å². The van der Waals surface area contributed by atoms with Crippen LogP contribution < -0.4 is 5.32 Å². The number of hydrogen-bond donors (Lipinski definition) is 3. The van der Waals surface area contributed by atoms with Crippen molar-refractivity contribution in [3.8, 4) is 11.1 Å². The van der Waals surface area contributed by atoms with Crippen LogP contribution in [0.1, 0.15) is 29.9 Å². The largest absolute Gasteiger partial charge is 0.481 e. The number of nitrogens with one attached hydrogen (secondary N) is 1. The van der Waals surface area contributed by atoms with Crippen molar-refractivity contribution < 1.29 is 29.3 Å². The Kier molecular flexibility index (Phi) is 4.30. The SMILES string of the molecule is O=C(NC1(C(=O)O)CC(C(=O)O)C1)OCC1c2ccccc2-c2ccccc21. The minimum absolute atomic E-state index is 0.0674. The molecule has 2 aromatic rings. The summed E-state index contributed by atoms with van der Waals surface area (Å²) >= 11 is 0. The predicted octanol–water partition coefficient (Wildman–Crippen LogP) is 2.84. The fraction of sp³-hybridized carbons (Fsp3) is 0.286. The summed E-state index contributed by atoms with van der Waals surface area (Å²) in [4.78, 5) is 34.8. The number of carbonyl (C=O) groups is 3. The Morgan fingerprint density at radius 3 is 2.00 bits per heavy atom. The van der Waals surface area contributed by atoms with Gasteiger partial charge in [-0.3, -0.25) is 4.79 Å². The van der Waals surface area contributed by atoms with Gasteiger partial charge < -0.3 is 20.3 Å². The van der Waals surface area contributed by atoms with Gasteiger partial charge in [0.05, 0.1) is 5.92 Å². The lowest BCUT2D eigenvalue weighted by Gasteiger charge is -2.42. The number of carboxylic acids is 2. The normalized spacial score (nSPS) is 22.5. The smallest absolute Gasteiger partial charge is 0.408 e. The van der Waals surface area contributed by atoms with Gasteiger partial charge in [0, 0.05) is 5.92 Å². The Morgan fingerprint density at radius 2 is 1.50 bits per heavy atom. The van der Waals surface area contributed by atoms with E-state index >= 15 is 0 Å². The first-order valence-electron chi connectivity index (χ1n) is 9.00. The number of benzene rings is 2. The number of alkyl carbamates (subject to hydrolysis) is 1. The molecular formula is C21H19NO6. The molecule has 0 heterocycles. The first kappa shape index (κ1) is 18.0. The maximum absolute atomic E-state index is 12.3. The van der Waals surface area contributed by atoms with Gasteiger partial charge in [-0.15, -0.1) is 0 Å². The van der Waals surface area contributed by atoms with Gasteiger partial charge in [-0.05, 0) is 35.1 Å². The summed E-state index contributed by atoms with van der Waals surface area (Å²) in [7, 11) is 0. The molecule has 0 spiro atoms. The van der Waals surface area contributed by atoms with E-state index in [-0.39, 0.29) is 25.4 Å². The van der Waals surface area contributed by atoms with Gasteiger partial charge in [0.1, 0.15) is 12.1 Å². The number of ether oxygens (including phenoxy) is 1. The third-order valence-electron chi connectivity index (χ3n) is 5.63. The third kappa shape index (κ3) is 2.89. The van der Waals surface area contributed by atoms with Gasteiger partial charge in [0.15, 0.2) is 0 Å². The molecule has 0 aromatic heterocycles. The minimum Gasteiger partial charge on any atom is -0.481 e. The van der Waals surface area contributed by atoms with Crippen LogP contribution in [-0.2, 0) is 14.3 Å². The van der Waals surface area contributed by atoms with E-state index in [4.69, 9.17) is 9.84 Å². The summed E-state index contributed by atoms with van der Waals surface area (Å²) in [5, 5.41) is 20.7. The Balaban J connectivity index is 1.46. The van der Waals surface area contributed by atoms with Crippen LogP contribution in [0.2, 0.25) is 0 Å². The highest BCUT2D eigenvalue weighted by molar-refractivity contribution is 5.88. The molecule has 0 radical (unpaired) electrons. The Hall–Kier alpha value is -3.35. The van der Waals surface area contributed by atoms with E-state index in [2.05, 4.69) is 5.32 Å². The Labute approximate surface area is 160 Å². The van der Waals surface area contributed by atoms with Crippen molar-refractivity contribution in [3.63, 3.8) is 0 Å². The molecule has 4 rings (SSSR count). The van der Waals surface area contributed by atoms with Crippen LogP contribution in [0.5, 0.6) is 0 Å². The molecule has 2 aliphatic rings. The highest BCUT2D eigenvalue weighted by Gasteiger charge is 2.54. The summed E-state index contributed by atoms with van der Waals surface area (Å²) in [6.45, 7) is 0.0674. The molecule has 1 saturated carbocycles. The van der Waals surface area contributed by atoms with Crippen LogP contribution in [0.4, 0.5) is 4.79 Å². The van der Waals surface area contributed by atoms with Crippen molar-refractivity contribution in [1.29, 1.82) is 0 Å². The highest BCUT2D eigenvalue weighted by atomic mass is 16.5. The highest BCUT2D eigenvalue weighted by Crippen LogP contribution is 2.44. The van der Waals surface area contributed by atoms with E-state index in [1.165, 1.54) is 0 Å². The average Bonchev–Trinajstić information content (AvgIpc) is 2.96. The number of carboxylic acid groups (broad SMARTS) is 2. The van der Waals surface area contributed by atoms with E-state index in [0.29, 0.717) is 0 Å². The fourth-order valence-electron chi connectivity index (χ4n) is 4.12. The van der Waals surface area contributed by atoms with Crippen molar-refractivity contribution in [2.75, 3.05) is 6.61 Å². The van der Waals surface area contributed by atoms with Crippen LogP contribution in [0.15, 0.2) is 48.5 Å². The van der Waals surface area contributed by atoms with Crippen LogP contribution in [0.3, 0.4) is 0 Å². The van der Waals surface area contributed by atoms with Gasteiger partial charge in [-0.2, -0.15) is 0 Å². The lowest BCUT2D eigenvalue weighted by molar-refractivity contribution is -0.158. The van der Waals surface area contributed by atoms with E-state index < -0.39 is 29.5 Å². The van der Waals surface area contributed by atoms with Gasteiger partial charge in [0.25, 0.3) is 0 Å². The quantitative estimate of drug-likeness (QED) is 0.734. The molecule has 2 aromatic carbocycles. The van der Waals surface area contributed by atoms with E-state index in [9.17, 15) is 19.5 Å². The second-order valence-corrected chi connectivity index (χ2v) is 7.28. The topological polar surface area (TPSA) is 113 Å². The Bertz CT molecular complexity index is 917. The zero-order valence-electron chi connectivity index (χ0n) is 14.9. The number of carbonyl (C=O) groups excluding carboxylic acids is 1. The van der Waals surface area contributed by atoms with Crippen molar-refractivity contribution in [3.05, 3.63) is 59.7 Å². The summed E-state index contributed by atoms with van der Waals surface area (Å²) in [5.74, 6) is -3.22. The van der Waals surface area contributed by atoms with Crippen LogP contribution >= 0.6 is 0 Å². The third-order valence-corrected chi connectivity index (χ3v) is 5.63. The fourth-order valence-corrected chi connectivity index (χ4v) is 4.12. The van der Waals surface area contributed by atoms with E-state index in [0.717, 1.165) is 22.3 Å². The van der Waals surface area contributed by atoms with Crippen LogP contribution in [0, 0.1) is 5.92 Å². The lowest BCUT2D eigenvalue weighted by Crippen LogP contribution is -2.63. The number of rotatable bonds is 5. The van der Waals surface area contributed by atoms with Crippen molar-refractivity contribution in [2.24, 2.45) is 5.92 Å². The molecule has 7 nitrogen and oxygen atoms in total. The van der Waals surface area contributed by atoms with E-state index in [1.807, 2.05) is 48.5 Å². The number of aliphatic carboxylic acids is 2. The predicted molar refractivity (Wildman–Crippen MR) is 98.9 cm³/mol. The number of amides is 1. The molecule has 1 fully saturated rings. The first-order chi connectivity index (χ1) is 13.4. The zero-order valence-corrected chi connectivity index (χ0v) is 14.9. The average molecular weight is 381 g/mol. The van der Waals surface area contributed by atoms with Gasteiger partial charge in [-0.1, -0.05) is 48.5 Å².